The normalized spacial score (nSPS) is 11.6. The van der Waals surface area contributed by atoms with Crippen molar-refractivity contribution in [3.63, 3.8) is 0 Å². The molecule has 0 saturated carbocycles. The van der Waals surface area contributed by atoms with E-state index in [2.05, 4.69) is 0 Å². The van der Waals surface area contributed by atoms with Crippen molar-refractivity contribution in [3.05, 3.63) is 97.1 Å². The summed E-state index contributed by atoms with van der Waals surface area (Å²) >= 11 is 0. The molecule has 0 radical (unpaired) electrons. The van der Waals surface area contributed by atoms with Gasteiger partial charge < -0.3 is 9.47 Å². The van der Waals surface area contributed by atoms with Crippen LogP contribution in [0.5, 0.6) is 0 Å². The van der Waals surface area contributed by atoms with Gasteiger partial charge in [0.1, 0.15) is 13.2 Å². The van der Waals surface area contributed by atoms with Crippen LogP contribution < -0.4 is 0 Å². The molecule has 7 nitrogen and oxygen atoms in total. The number of ether oxygens (including phenoxy) is 2. The van der Waals surface area contributed by atoms with E-state index < -0.39 is 12.2 Å². The molecule has 2 heterocycles. The molecule has 0 aliphatic heterocycles. The van der Waals surface area contributed by atoms with Crippen molar-refractivity contribution in [2.24, 2.45) is 0 Å². The number of nitrogens with zero attached hydrogens (tertiary/aromatic N) is 3. The minimum atomic E-state index is -0.409. The van der Waals surface area contributed by atoms with E-state index in [0.717, 1.165) is 43.6 Å². The number of fused-ring (bicyclic) bond motifs is 6. The van der Waals surface area contributed by atoms with Gasteiger partial charge in [0, 0.05) is 34.6 Å². The summed E-state index contributed by atoms with van der Waals surface area (Å²) in [5.41, 5.74) is 3.29. The van der Waals surface area contributed by atoms with Gasteiger partial charge in [0.15, 0.2) is 0 Å². The number of para-hydroxylation sites is 4. The zero-order valence-electron chi connectivity index (χ0n) is 21.0. The van der Waals surface area contributed by atoms with Crippen LogP contribution in [0.2, 0.25) is 0 Å². The molecule has 0 amide bonds. The second-order valence-electron chi connectivity index (χ2n) is 9.27. The number of carbonyl (C=O) groups is 2. The van der Waals surface area contributed by atoms with Gasteiger partial charge in [0.05, 0.1) is 22.1 Å². The summed E-state index contributed by atoms with van der Waals surface area (Å²) in [6.07, 6.45) is -0.817. The van der Waals surface area contributed by atoms with Crippen molar-refractivity contribution < 1.29 is 19.1 Å². The lowest BCUT2D eigenvalue weighted by molar-refractivity contribution is 0.118. The zero-order valence-corrected chi connectivity index (χ0v) is 21.0. The van der Waals surface area contributed by atoms with E-state index in [1.807, 2.05) is 109 Å². The van der Waals surface area contributed by atoms with E-state index in [-0.39, 0.29) is 13.2 Å². The average Bonchev–Trinajstić information content (AvgIpc) is 3.46. The Labute approximate surface area is 219 Å². The van der Waals surface area contributed by atoms with Gasteiger partial charge in [-0.25, -0.2) is 18.7 Å². The van der Waals surface area contributed by atoms with Crippen molar-refractivity contribution in [1.29, 1.82) is 0 Å². The second kappa shape index (κ2) is 10.0. The first kappa shape index (κ1) is 23.8. The third-order valence-electron chi connectivity index (χ3n) is 6.92. The molecule has 6 rings (SSSR count). The fourth-order valence-electron chi connectivity index (χ4n) is 5.06. The minimum absolute atomic E-state index is 0.219. The Morgan fingerprint density at radius 3 is 1.16 bits per heavy atom. The molecule has 0 N–H and O–H groups in total. The molecule has 0 saturated heterocycles. The molecule has 0 aliphatic rings. The van der Waals surface area contributed by atoms with E-state index in [1.165, 1.54) is 0 Å². The van der Waals surface area contributed by atoms with Crippen LogP contribution in [0.4, 0.5) is 9.59 Å². The molecule has 0 aliphatic carbocycles. The molecule has 6 aromatic rings. The second-order valence-corrected chi connectivity index (χ2v) is 9.27. The molecule has 0 spiro atoms. The van der Waals surface area contributed by atoms with Crippen LogP contribution in [0, 0.1) is 0 Å². The van der Waals surface area contributed by atoms with Gasteiger partial charge in [0.2, 0.25) is 0 Å². The van der Waals surface area contributed by atoms with E-state index >= 15 is 0 Å². The Balaban J connectivity index is 1.06. The topological polar surface area (TPSA) is 65.7 Å². The quantitative estimate of drug-likeness (QED) is 0.258. The molecular weight excluding hydrogens is 478 g/mol. The van der Waals surface area contributed by atoms with Crippen LogP contribution in [0.3, 0.4) is 0 Å². The number of carbonyl (C=O) groups excluding carboxylic acids is 2. The summed E-state index contributed by atoms with van der Waals surface area (Å²) in [5, 5.41) is 4.06. The predicted octanol–water partition coefficient (Wildman–Crippen LogP) is 6.50. The highest BCUT2D eigenvalue weighted by Gasteiger charge is 2.18. The molecule has 0 atom stereocenters. The summed E-state index contributed by atoms with van der Waals surface area (Å²) in [4.78, 5) is 28.0. The van der Waals surface area contributed by atoms with Gasteiger partial charge in [-0.3, -0.25) is 4.90 Å². The first-order valence-electron chi connectivity index (χ1n) is 12.6. The van der Waals surface area contributed by atoms with Crippen LogP contribution in [0.15, 0.2) is 97.1 Å². The smallest absolute Gasteiger partial charge is 0.419 e. The number of rotatable bonds is 6. The molecule has 0 fully saturated rings. The highest BCUT2D eigenvalue weighted by atomic mass is 16.6. The summed E-state index contributed by atoms with van der Waals surface area (Å²) in [6.45, 7) is 1.46. The number of hydrogen-bond donors (Lipinski definition) is 0. The molecule has 38 heavy (non-hydrogen) atoms. The number of hydrogen-bond acceptors (Lipinski definition) is 5. The lowest BCUT2D eigenvalue weighted by Gasteiger charge is -2.17. The Morgan fingerprint density at radius 2 is 0.842 bits per heavy atom. The molecule has 0 bridgehead atoms. The fourth-order valence-corrected chi connectivity index (χ4v) is 5.06. The monoisotopic (exact) mass is 505 g/mol. The first-order chi connectivity index (χ1) is 18.6. The Morgan fingerprint density at radius 1 is 0.553 bits per heavy atom. The summed E-state index contributed by atoms with van der Waals surface area (Å²) in [5.74, 6) is 0. The van der Waals surface area contributed by atoms with Crippen molar-refractivity contribution in [1.82, 2.24) is 14.0 Å². The third-order valence-corrected chi connectivity index (χ3v) is 6.92. The van der Waals surface area contributed by atoms with Crippen LogP contribution in [0.1, 0.15) is 0 Å². The van der Waals surface area contributed by atoms with Gasteiger partial charge in [-0.05, 0) is 31.3 Å². The van der Waals surface area contributed by atoms with E-state index in [0.29, 0.717) is 13.1 Å². The van der Waals surface area contributed by atoms with Crippen molar-refractivity contribution in [2.75, 3.05) is 33.4 Å². The maximum Gasteiger partial charge on any atom is 0.419 e. The van der Waals surface area contributed by atoms with Gasteiger partial charge >= 0.3 is 12.2 Å². The molecule has 2 aromatic heterocycles. The van der Waals surface area contributed by atoms with Gasteiger partial charge in [0.25, 0.3) is 0 Å². The summed E-state index contributed by atoms with van der Waals surface area (Å²) in [7, 11) is 1.91. The van der Waals surface area contributed by atoms with Crippen molar-refractivity contribution in [2.45, 2.75) is 0 Å². The van der Waals surface area contributed by atoms with Gasteiger partial charge in [-0.1, -0.05) is 72.8 Å². The zero-order chi connectivity index (χ0) is 26.1. The van der Waals surface area contributed by atoms with Gasteiger partial charge in [-0.2, -0.15) is 0 Å². The number of likely N-dealkylation sites (N-methyl/N-ethyl adjacent to an activating group) is 1. The predicted molar refractivity (Wildman–Crippen MR) is 150 cm³/mol. The molecular formula is C31H27N3O4. The Hall–Kier alpha value is -4.62. The van der Waals surface area contributed by atoms with Gasteiger partial charge in [-0.15, -0.1) is 0 Å². The standard InChI is InChI=1S/C31H27N3O4/c1-32(18-20-37-30(35)33-26-14-6-2-10-22(26)23-11-3-7-15-27(23)33)19-21-38-31(36)34-28-16-8-4-12-24(28)25-13-5-9-17-29(25)34/h2-17H,18-21H2,1H3. The minimum Gasteiger partial charge on any atom is -0.448 e. The highest BCUT2D eigenvalue weighted by molar-refractivity contribution is 6.13. The van der Waals surface area contributed by atoms with Crippen molar-refractivity contribution in [3.8, 4) is 0 Å². The lowest BCUT2D eigenvalue weighted by atomic mass is 10.2. The average molecular weight is 506 g/mol. The van der Waals surface area contributed by atoms with Crippen molar-refractivity contribution >= 4 is 55.8 Å². The number of benzene rings is 4. The van der Waals surface area contributed by atoms with E-state index in [9.17, 15) is 9.59 Å². The summed E-state index contributed by atoms with van der Waals surface area (Å²) in [6, 6.07) is 31.3. The Bertz CT molecular complexity index is 1560. The molecule has 7 heteroatoms. The maximum atomic E-state index is 13.0. The first-order valence-corrected chi connectivity index (χ1v) is 12.6. The highest BCUT2D eigenvalue weighted by Crippen LogP contribution is 2.30. The largest absolute Gasteiger partial charge is 0.448 e. The lowest BCUT2D eigenvalue weighted by Crippen LogP contribution is -2.29. The molecule has 0 unspecified atom stereocenters. The SMILES string of the molecule is CN(CCOC(=O)n1c2ccccc2c2ccccc21)CCOC(=O)n1c2ccccc2c2ccccc21. The maximum absolute atomic E-state index is 13.0. The Kier molecular flexibility index (Phi) is 6.27. The van der Waals surface area contributed by atoms with Crippen LogP contribution in [0.25, 0.3) is 43.6 Å². The number of aromatic nitrogens is 2. The van der Waals surface area contributed by atoms with E-state index in [1.54, 1.807) is 9.13 Å². The summed E-state index contributed by atoms with van der Waals surface area (Å²) < 4.78 is 14.5. The molecule has 4 aromatic carbocycles. The fraction of sp³-hybridized carbons (Fsp3) is 0.161. The van der Waals surface area contributed by atoms with E-state index in [4.69, 9.17) is 9.47 Å². The molecule has 190 valence electrons. The third kappa shape index (κ3) is 4.17. The van der Waals surface area contributed by atoms with Crippen LogP contribution in [-0.2, 0) is 9.47 Å². The van der Waals surface area contributed by atoms with Crippen LogP contribution >= 0.6 is 0 Å². The van der Waals surface area contributed by atoms with Crippen LogP contribution in [-0.4, -0.2) is 59.6 Å².